The minimum atomic E-state index is 0.0367. The van der Waals surface area contributed by atoms with Crippen molar-refractivity contribution >= 4 is 5.78 Å². The first-order chi connectivity index (χ1) is 16.5. The van der Waals surface area contributed by atoms with E-state index < -0.39 is 0 Å². The van der Waals surface area contributed by atoms with Crippen LogP contribution < -0.4 is 4.74 Å². The Morgan fingerprint density at radius 2 is 1.41 bits per heavy atom. The van der Waals surface area contributed by atoms with Crippen molar-refractivity contribution in [3.8, 4) is 5.75 Å². The van der Waals surface area contributed by atoms with Crippen LogP contribution in [0.25, 0.3) is 0 Å². The lowest BCUT2D eigenvalue weighted by molar-refractivity contribution is 0.0977. The van der Waals surface area contributed by atoms with Gasteiger partial charge >= 0.3 is 0 Å². The Morgan fingerprint density at radius 1 is 0.853 bits per heavy atom. The van der Waals surface area contributed by atoms with Crippen molar-refractivity contribution in [2.24, 2.45) is 0 Å². The van der Waals surface area contributed by atoms with Gasteiger partial charge in [-0.3, -0.25) is 4.79 Å². The highest BCUT2D eigenvalue weighted by molar-refractivity contribution is 5.97. The van der Waals surface area contributed by atoms with E-state index >= 15 is 0 Å². The van der Waals surface area contributed by atoms with Gasteiger partial charge in [-0.1, -0.05) is 80.9 Å². The van der Waals surface area contributed by atoms with Crippen molar-refractivity contribution in [1.29, 1.82) is 0 Å². The summed E-state index contributed by atoms with van der Waals surface area (Å²) in [5.41, 5.74) is 5.14. The van der Waals surface area contributed by atoms with Gasteiger partial charge in [-0.15, -0.1) is 0 Å². The summed E-state index contributed by atoms with van der Waals surface area (Å²) < 4.78 is 6.18. The molecule has 0 N–H and O–H groups in total. The predicted molar refractivity (Wildman–Crippen MR) is 142 cm³/mol. The summed E-state index contributed by atoms with van der Waals surface area (Å²) in [5.74, 6) is 1.10. The van der Waals surface area contributed by atoms with E-state index in [1.54, 1.807) is 0 Å². The quantitative estimate of drug-likeness (QED) is 0.254. The van der Waals surface area contributed by atoms with Gasteiger partial charge in [0.05, 0.1) is 0 Å². The number of ether oxygens (including phenoxy) is 1. The van der Waals surface area contributed by atoms with Crippen LogP contribution in [0.3, 0.4) is 0 Å². The molecule has 0 unspecified atom stereocenters. The van der Waals surface area contributed by atoms with E-state index in [2.05, 4.69) is 43.0 Å². The normalized spacial score (nSPS) is 11.2. The van der Waals surface area contributed by atoms with E-state index in [9.17, 15) is 4.79 Å². The number of ketones is 1. The van der Waals surface area contributed by atoms with E-state index in [0.717, 1.165) is 42.1 Å². The van der Waals surface area contributed by atoms with Crippen LogP contribution in [0.1, 0.15) is 71.6 Å². The number of carbonyl (C=O) groups is 1. The molecule has 0 aliphatic rings. The molecule has 0 spiro atoms. The number of hydrogen-bond acceptors (Lipinski definition) is 3. The van der Waals surface area contributed by atoms with E-state index in [-0.39, 0.29) is 11.7 Å². The Morgan fingerprint density at radius 3 is 1.91 bits per heavy atom. The number of rotatable bonds is 13. The molecule has 0 saturated heterocycles. The molecule has 0 aliphatic heterocycles. The third-order valence-corrected chi connectivity index (χ3v) is 6.50. The SMILES string of the molecule is CCCCN(CC)CCOc1c(C)cc(C(=O)CC(c2ccccc2)c2ccccc2)cc1C. The first-order valence-corrected chi connectivity index (χ1v) is 12.6. The maximum absolute atomic E-state index is 13.4. The molecule has 34 heavy (non-hydrogen) atoms. The molecule has 0 amide bonds. The fraction of sp³-hybridized carbons (Fsp3) is 0.387. The van der Waals surface area contributed by atoms with E-state index in [1.807, 2.05) is 62.4 Å². The summed E-state index contributed by atoms with van der Waals surface area (Å²) in [7, 11) is 0. The molecular weight excluding hydrogens is 418 g/mol. The largest absolute Gasteiger partial charge is 0.492 e. The van der Waals surface area contributed by atoms with E-state index in [1.165, 1.54) is 24.0 Å². The van der Waals surface area contributed by atoms with Crippen LogP contribution in [0.15, 0.2) is 72.8 Å². The second-order valence-electron chi connectivity index (χ2n) is 9.08. The molecule has 0 saturated carbocycles. The Kier molecular flexibility index (Phi) is 9.90. The van der Waals surface area contributed by atoms with Crippen LogP contribution in [0.2, 0.25) is 0 Å². The fourth-order valence-electron chi connectivity index (χ4n) is 4.53. The van der Waals surface area contributed by atoms with Gasteiger partial charge < -0.3 is 9.64 Å². The Balaban J connectivity index is 1.72. The molecule has 0 heterocycles. The molecule has 180 valence electrons. The summed E-state index contributed by atoms with van der Waals surface area (Å²) >= 11 is 0. The molecule has 0 aromatic heterocycles. The monoisotopic (exact) mass is 457 g/mol. The van der Waals surface area contributed by atoms with Gasteiger partial charge in [0.15, 0.2) is 5.78 Å². The molecule has 3 aromatic carbocycles. The summed E-state index contributed by atoms with van der Waals surface area (Å²) in [6.07, 6.45) is 2.87. The van der Waals surface area contributed by atoms with Crippen LogP contribution in [0.5, 0.6) is 5.75 Å². The van der Waals surface area contributed by atoms with Crippen molar-refractivity contribution in [3.05, 3.63) is 101 Å². The topological polar surface area (TPSA) is 29.5 Å². The molecule has 0 bridgehead atoms. The maximum Gasteiger partial charge on any atom is 0.163 e. The highest BCUT2D eigenvalue weighted by Gasteiger charge is 2.20. The van der Waals surface area contributed by atoms with Gasteiger partial charge in [0.25, 0.3) is 0 Å². The number of hydrogen-bond donors (Lipinski definition) is 0. The van der Waals surface area contributed by atoms with Crippen molar-refractivity contribution in [2.75, 3.05) is 26.2 Å². The second-order valence-corrected chi connectivity index (χ2v) is 9.08. The Hall–Kier alpha value is -2.91. The number of carbonyl (C=O) groups excluding carboxylic acids is 1. The maximum atomic E-state index is 13.4. The minimum Gasteiger partial charge on any atom is -0.492 e. The smallest absolute Gasteiger partial charge is 0.163 e. The van der Waals surface area contributed by atoms with Crippen LogP contribution in [0, 0.1) is 13.8 Å². The molecule has 0 fully saturated rings. The van der Waals surface area contributed by atoms with Crippen LogP contribution in [-0.2, 0) is 0 Å². The standard InChI is InChI=1S/C31H39NO2/c1-5-7-18-32(6-2)19-20-34-31-24(3)21-28(22-25(31)4)30(33)23-29(26-14-10-8-11-15-26)27-16-12-9-13-17-27/h8-17,21-22,29H,5-7,18-20,23H2,1-4H3. The number of unbranched alkanes of at least 4 members (excludes halogenated alkanes) is 1. The average molecular weight is 458 g/mol. The number of aryl methyl sites for hydroxylation is 2. The molecule has 3 rings (SSSR count). The fourth-order valence-corrected chi connectivity index (χ4v) is 4.53. The van der Waals surface area contributed by atoms with Gasteiger partial charge in [0.1, 0.15) is 12.4 Å². The van der Waals surface area contributed by atoms with Crippen LogP contribution >= 0.6 is 0 Å². The van der Waals surface area contributed by atoms with Gasteiger partial charge in [-0.2, -0.15) is 0 Å². The highest BCUT2D eigenvalue weighted by Crippen LogP contribution is 2.31. The Labute approximate surface area is 205 Å². The van der Waals surface area contributed by atoms with Gasteiger partial charge in [-0.25, -0.2) is 0 Å². The lowest BCUT2D eigenvalue weighted by atomic mass is 9.85. The predicted octanol–water partition coefficient (Wildman–Crippen LogP) is 7.21. The van der Waals surface area contributed by atoms with E-state index in [4.69, 9.17) is 4.74 Å². The van der Waals surface area contributed by atoms with Gasteiger partial charge in [-0.05, 0) is 67.7 Å². The van der Waals surface area contributed by atoms with Crippen LogP contribution in [0.4, 0.5) is 0 Å². The number of benzene rings is 3. The zero-order chi connectivity index (χ0) is 24.3. The molecule has 0 radical (unpaired) electrons. The second kappa shape index (κ2) is 13.1. The highest BCUT2D eigenvalue weighted by atomic mass is 16.5. The molecule has 3 nitrogen and oxygen atoms in total. The van der Waals surface area contributed by atoms with Gasteiger partial charge in [0, 0.05) is 24.4 Å². The molecule has 0 atom stereocenters. The van der Waals surface area contributed by atoms with E-state index in [0.29, 0.717) is 13.0 Å². The van der Waals surface area contributed by atoms with Crippen LogP contribution in [-0.4, -0.2) is 36.9 Å². The minimum absolute atomic E-state index is 0.0367. The number of likely N-dealkylation sites (N-methyl/N-ethyl adjacent to an activating group) is 1. The first-order valence-electron chi connectivity index (χ1n) is 12.6. The molecular formula is C31H39NO2. The number of Topliss-reactive ketones (excluding diaryl/α,β-unsaturated/α-hetero) is 1. The van der Waals surface area contributed by atoms with Crippen molar-refractivity contribution in [3.63, 3.8) is 0 Å². The molecule has 3 heteroatoms. The Bertz CT molecular complexity index is 967. The van der Waals surface area contributed by atoms with Gasteiger partial charge in [0.2, 0.25) is 0 Å². The van der Waals surface area contributed by atoms with Crippen molar-refractivity contribution in [2.45, 2.75) is 52.9 Å². The first kappa shape index (κ1) is 25.7. The zero-order valence-corrected chi connectivity index (χ0v) is 21.2. The summed E-state index contributed by atoms with van der Waals surface area (Å²) in [5, 5.41) is 0. The lowest BCUT2D eigenvalue weighted by Crippen LogP contribution is -2.29. The molecule has 0 aliphatic carbocycles. The average Bonchev–Trinajstić information content (AvgIpc) is 2.86. The van der Waals surface area contributed by atoms with Crippen molar-refractivity contribution < 1.29 is 9.53 Å². The summed E-state index contributed by atoms with van der Waals surface area (Å²) in [6.45, 7) is 12.2. The summed E-state index contributed by atoms with van der Waals surface area (Å²) in [4.78, 5) is 15.8. The summed E-state index contributed by atoms with van der Waals surface area (Å²) in [6, 6.07) is 24.6. The third kappa shape index (κ3) is 7.04. The number of nitrogens with zero attached hydrogens (tertiary/aromatic N) is 1. The molecule has 3 aromatic rings. The third-order valence-electron chi connectivity index (χ3n) is 6.50. The zero-order valence-electron chi connectivity index (χ0n) is 21.2. The lowest BCUT2D eigenvalue weighted by Gasteiger charge is -2.21. The van der Waals surface area contributed by atoms with Crippen molar-refractivity contribution in [1.82, 2.24) is 4.90 Å².